The van der Waals surface area contributed by atoms with Crippen LogP contribution in [0.1, 0.15) is 39.5 Å². The van der Waals surface area contributed by atoms with E-state index in [1.807, 2.05) is 7.05 Å². The summed E-state index contributed by atoms with van der Waals surface area (Å²) in [4.78, 5) is 0. The maximum atomic E-state index is 3.61. The third-order valence-electron chi connectivity index (χ3n) is 3.77. The predicted molar refractivity (Wildman–Crippen MR) is 67.1 cm³/mol. The minimum atomic E-state index is 0.772. The van der Waals surface area contributed by atoms with Crippen LogP contribution in [0.3, 0.4) is 0 Å². The summed E-state index contributed by atoms with van der Waals surface area (Å²) < 4.78 is 0. The molecule has 1 unspecified atom stereocenters. The summed E-state index contributed by atoms with van der Waals surface area (Å²) in [7, 11) is 2.05. The Morgan fingerprint density at radius 1 is 1.20 bits per heavy atom. The van der Waals surface area contributed by atoms with Crippen LogP contribution in [0, 0.1) is 17.8 Å². The van der Waals surface area contributed by atoms with Crippen molar-refractivity contribution in [2.45, 2.75) is 39.5 Å². The van der Waals surface area contributed by atoms with Crippen molar-refractivity contribution < 1.29 is 0 Å². The number of hydrogen-bond donors (Lipinski definition) is 2. The van der Waals surface area contributed by atoms with Crippen molar-refractivity contribution in [2.75, 3.05) is 26.7 Å². The SMILES string of the molecule is CNCC(CNCCC1CCC1)C(C)C. The summed E-state index contributed by atoms with van der Waals surface area (Å²) in [5.74, 6) is 2.59. The molecule has 2 heteroatoms. The topological polar surface area (TPSA) is 24.1 Å². The van der Waals surface area contributed by atoms with Crippen LogP contribution in [0.5, 0.6) is 0 Å². The maximum absolute atomic E-state index is 3.61. The molecule has 0 bridgehead atoms. The Kier molecular flexibility index (Phi) is 6.26. The molecule has 1 aliphatic rings. The van der Waals surface area contributed by atoms with Gasteiger partial charge in [0.05, 0.1) is 0 Å². The van der Waals surface area contributed by atoms with Crippen molar-refractivity contribution in [3.63, 3.8) is 0 Å². The zero-order valence-electron chi connectivity index (χ0n) is 10.7. The Bertz CT molecular complexity index is 153. The van der Waals surface area contributed by atoms with Gasteiger partial charge in [-0.25, -0.2) is 0 Å². The average Bonchev–Trinajstić information content (AvgIpc) is 2.12. The zero-order valence-corrected chi connectivity index (χ0v) is 10.7. The molecule has 2 N–H and O–H groups in total. The molecule has 0 saturated heterocycles. The lowest BCUT2D eigenvalue weighted by molar-refractivity contribution is 0.283. The molecule has 15 heavy (non-hydrogen) atoms. The molecule has 90 valence electrons. The lowest BCUT2D eigenvalue weighted by Gasteiger charge is -2.26. The monoisotopic (exact) mass is 212 g/mol. The molecule has 2 nitrogen and oxygen atoms in total. The van der Waals surface area contributed by atoms with Gasteiger partial charge in [0.25, 0.3) is 0 Å². The predicted octanol–water partition coefficient (Wildman–Crippen LogP) is 2.26. The van der Waals surface area contributed by atoms with Crippen molar-refractivity contribution in [1.29, 1.82) is 0 Å². The second kappa shape index (κ2) is 7.24. The molecule has 0 spiro atoms. The van der Waals surface area contributed by atoms with Crippen molar-refractivity contribution in [3.8, 4) is 0 Å². The fraction of sp³-hybridized carbons (Fsp3) is 1.00. The van der Waals surface area contributed by atoms with Gasteiger partial charge < -0.3 is 10.6 Å². The van der Waals surface area contributed by atoms with Crippen LogP contribution in [-0.2, 0) is 0 Å². The van der Waals surface area contributed by atoms with Gasteiger partial charge in [-0.15, -0.1) is 0 Å². The number of hydrogen-bond acceptors (Lipinski definition) is 2. The summed E-state index contributed by atoms with van der Waals surface area (Å²) in [6, 6.07) is 0. The molecular weight excluding hydrogens is 184 g/mol. The average molecular weight is 212 g/mol. The van der Waals surface area contributed by atoms with Crippen LogP contribution in [-0.4, -0.2) is 26.7 Å². The molecule has 1 fully saturated rings. The lowest BCUT2D eigenvalue weighted by Crippen LogP contribution is -2.34. The van der Waals surface area contributed by atoms with Crippen LogP contribution in [0.4, 0.5) is 0 Å². The van der Waals surface area contributed by atoms with Crippen LogP contribution < -0.4 is 10.6 Å². The van der Waals surface area contributed by atoms with E-state index in [2.05, 4.69) is 24.5 Å². The first-order chi connectivity index (χ1) is 7.24. The van der Waals surface area contributed by atoms with Gasteiger partial charge in [-0.2, -0.15) is 0 Å². The molecule has 0 aromatic carbocycles. The normalized spacial score (nSPS) is 19.2. The number of nitrogens with one attached hydrogen (secondary N) is 2. The first-order valence-corrected chi connectivity index (χ1v) is 6.59. The third-order valence-corrected chi connectivity index (χ3v) is 3.77. The van der Waals surface area contributed by atoms with Gasteiger partial charge in [-0.05, 0) is 50.9 Å². The highest BCUT2D eigenvalue weighted by atomic mass is 14.9. The summed E-state index contributed by atoms with van der Waals surface area (Å²) in [6.45, 7) is 8.15. The van der Waals surface area contributed by atoms with E-state index < -0.39 is 0 Å². The highest BCUT2D eigenvalue weighted by Gasteiger charge is 2.17. The van der Waals surface area contributed by atoms with Crippen LogP contribution in [0.15, 0.2) is 0 Å². The van der Waals surface area contributed by atoms with Crippen molar-refractivity contribution >= 4 is 0 Å². The highest BCUT2D eigenvalue weighted by molar-refractivity contribution is 4.72. The number of rotatable bonds is 8. The van der Waals surface area contributed by atoms with Gasteiger partial charge in [-0.1, -0.05) is 33.1 Å². The fourth-order valence-electron chi connectivity index (χ4n) is 2.18. The lowest BCUT2D eigenvalue weighted by atomic mass is 9.83. The standard InChI is InChI=1S/C13H28N2/c1-11(2)13(9-14-3)10-15-8-7-12-5-4-6-12/h11-15H,4-10H2,1-3H3. The van der Waals surface area contributed by atoms with E-state index >= 15 is 0 Å². The Hall–Kier alpha value is -0.0800. The highest BCUT2D eigenvalue weighted by Crippen LogP contribution is 2.28. The quantitative estimate of drug-likeness (QED) is 0.603. The summed E-state index contributed by atoms with van der Waals surface area (Å²) >= 11 is 0. The smallest absolute Gasteiger partial charge is 0.000593 e. The summed E-state index contributed by atoms with van der Waals surface area (Å²) in [6.07, 6.45) is 5.82. The molecule has 0 heterocycles. The Morgan fingerprint density at radius 2 is 1.93 bits per heavy atom. The van der Waals surface area contributed by atoms with Crippen LogP contribution in [0.25, 0.3) is 0 Å². The Labute approximate surface area is 95.2 Å². The van der Waals surface area contributed by atoms with Crippen molar-refractivity contribution in [3.05, 3.63) is 0 Å². The maximum Gasteiger partial charge on any atom is -0.000593 e. The second-order valence-electron chi connectivity index (χ2n) is 5.35. The molecule has 1 rings (SSSR count). The molecule has 0 amide bonds. The first kappa shape index (κ1) is 13.0. The van der Waals surface area contributed by atoms with Crippen LogP contribution >= 0.6 is 0 Å². The fourth-order valence-corrected chi connectivity index (χ4v) is 2.18. The van der Waals surface area contributed by atoms with Crippen LogP contribution in [0.2, 0.25) is 0 Å². The van der Waals surface area contributed by atoms with Gasteiger partial charge in [0.15, 0.2) is 0 Å². The van der Waals surface area contributed by atoms with Gasteiger partial charge >= 0.3 is 0 Å². The largest absolute Gasteiger partial charge is 0.319 e. The van der Waals surface area contributed by atoms with E-state index in [4.69, 9.17) is 0 Å². The van der Waals surface area contributed by atoms with Gasteiger partial charge in [0, 0.05) is 0 Å². The Balaban J connectivity index is 1.99. The second-order valence-corrected chi connectivity index (χ2v) is 5.35. The summed E-state index contributed by atoms with van der Waals surface area (Å²) in [5, 5.41) is 6.89. The third kappa shape index (κ3) is 4.98. The molecule has 0 aromatic heterocycles. The van der Waals surface area contributed by atoms with Gasteiger partial charge in [-0.3, -0.25) is 0 Å². The minimum Gasteiger partial charge on any atom is -0.319 e. The zero-order chi connectivity index (χ0) is 11.1. The van der Waals surface area contributed by atoms with E-state index in [1.165, 1.54) is 38.8 Å². The summed E-state index contributed by atoms with van der Waals surface area (Å²) in [5.41, 5.74) is 0. The molecule has 1 saturated carbocycles. The first-order valence-electron chi connectivity index (χ1n) is 6.59. The van der Waals surface area contributed by atoms with E-state index in [0.717, 1.165) is 24.3 Å². The molecule has 0 aliphatic heterocycles. The van der Waals surface area contributed by atoms with Crippen molar-refractivity contribution in [2.24, 2.45) is 17.8 Å². The Morgan fingerprint density at radius 3 is 2.40 bits per heavy atom. The van der Waals surface area contributed by atoms with E-state index in [-0.39, 0.29) is 0 Å². The molecule has 0 radical (unpaired) electrons. The van der Waals surface area contributed by atoms with E-state index in [0.29, 0.717) is 0 Å². The van der Waals surface area contributed by atoms with Crippen molar-refractivity contribution in [1.82, 2.24) is 10.6 Å². The van der Waals surface area contributed by atoms with E-state index in [1.54, 1.807) is 0 Å². The molecule has 1 aliphatic carbocycles. The molecular formula is C13H28N2. The van der Waals surface area contributed by atoms with E-state index in [9.17, 15) is 0 Å². The minimum absolute atomic E-state index is 0.772. The molecule has 0 aromatic rings. The van der Waals surface area contributed by atoms with Gasteiger partial charge in [0.1, 0.15) is 0 Å². The molecule has 1 atom stereocenters. The van der Waals surface area contributed by atoms with Gasteiger partial charge in [0.2, 0.25) is 0 Å².